The Morgan fingerprint density at radius 3 is 2.88 bits per heavy atom. The molecule has 1 atom stereocenters. The van der Waals surface area contributed by atoms with Crippen molar-refractivity contribution in [1.82, 2.24) is 0 Å². The Kier molecular flexibility index (Phi) is 2.97. The van der Waals surface area contributed by atoms with Crippen LogP contribution in [0.1, 0.15) is 35.2 Å². The minimum absolute atomic E-state index is 0.00738. The zero-order chi connectivity index (χ0) is 11.7. The second-order valence-corrected chi connectivity index (χ2v) is 4.08. The molecular formula is C12H12ClNO2. The van der Waals surface area contributed by atoms with Gasteiger partial charge in [-0.2, -0.15) is 0 Å². The second kappa shape index (κ2) is 4.26. The molecule has 1 aromatic carbocycles. The number of fused-ring (bicyclic) bond motifs is 1. The smallest absolute Gasteiger partial charge is 0.231 e. The van der Waals surface area contributed by atoms with Gasteiger partial charge in [0.15, 0.2) is 5.78 Å². The number of ketones is 1. The highest BCUT2D eigenvalue weighted by atomic mass is 35.5. The number of hydrogen-bond acceptors (Lipinski definition) is 2. The number of anilines is 1. The Hall–Kier alpha value is -1.35. The molecule has 1 N–H and O–H groups in total. The summed E-state index contributed by atoms with van der Waals surface area (Å²) in [7, 11) is 0. The molecule has 16 heavy (non-hydrogen) atoms. The van der Waals surface area contributed by atoms with E-state index in [0.29, 0.717) is 5.56 Å². The van der Waals surface area contributed by atoms with Crippen molar-refractivity contribution in [3.8, 4) is 0 Å². The molecule has 0 fully saturated rings. The van der Waals surface area contributed by atoms with Crippen molar-refractivity contribution >= 4 is 29.0 Å². The number of nitrogens with one attached hydrogen (secondary N) is 1. The van der Waals surface area contributed by atoms with E-state index in [9.17, 15) is 9.59 Å². The van der Waals surface area contributed by atoms with Crippen molar-refractivity contribution in [2.24, 2.45) is 0 Å². The van der Waals surface area contributed by atoms with Crippen molar-refractivity contribution in [3.05, 3.63) is 29.3 Å². The lowest BCUT2D eigenvalue weighted by molar-refractivity contribution is -0.117. The normalized spacial score (nSPS) is 18.1. The molecular weight excluding hydrogens is 226 g/mol. The standard InChI is InChI=1S/C12H12ClNO2/c1-2-8-9-5-7(11(15)6-13)3-4-10(9)14-12(8)16/h3-5,8H,2,6H2,1H3,(H,14,16)/t8-/m1/s1. The van der Waals surface area contributed by atoms with Gasteiger partial charge in [-0.3, -0.25) is 9.59 Å². The van der Waals surface area contributed by atoms with Gasteiger partial charge in [-0.15, -0.1) is 11.6 Å². The van der Waals surface area contributed by atoms with E-state index in [1.165, 1.54) is 0 Å². The minimum Gasteiger partial charge on any atom is -0.325 e. The van der Waals surface area contributed by atoms with Crippen molar-refractivity contribution in [3.63, 3.8) is 0 Å². The summed E-state index contributed by atoms with van der Waals surface area (Å²) < 4.78 is 0. The van der Waals surface area contributed by atoms with Crippen LogP contribution in [0.15, 0.2) is 18.2 Å². The lowest BCUT2D eigenvalue weighted by atomic mass is 9.95. The maximum absolute atomic E-state index is 11.6. The summed E-state index contributed by atoms with van der Waals surface area (Å²) in [6, 6.07) is 5.23. The predicted octanol–water partition coefficient (Wildman–Crippen LogP) is 2.55. The number of Topliss-reactive ketones (excluding diaryl/α,β-unsaturated/α-hetero) is 1. The molecule has 0 unspecified atom stereocenters. The first-order valence-electron chi connectivity index (χ1n) is 5.21. The molecule has 0 spiro atoms. The molecule has 1 heterocycles. The van der Waals surface area contributed by atoms with Gasteiger partial charge >= 0.3 is 0 Å². The van der Waals surface area contributed by atoms with Crippen LogP contribution in [0.4, 0.5) is 5.69 Å². The van der Waals surface area contributed by atoms with Crippen LogP contribution < -0.4 is 5.32 Å². The first kappa shape index (κ1) is 11.1. The highest BCUT2D eigenvalue weighted by molar-refractivity contribution is 6.30. The van der Waals surface area contributed by atoms with Crippen LogP contribution in [-0.2, 0) is 4.79 Å². The minimum atomic E-state index is -0.141. The van der Waals surface area contributed by atoms with Crippen LogP contribution in [0.3, 0.4) is 0 Å². The van der Waals surface area contributed by atoms with Crippen LogP contribution in [0.2, 0.25) is 0 Å². The molecule has 84 valence electrons. The molecule has 2 rings (SSSR count). The van der Waals surface area contributed by atoms with Gasteiger partial charge in [0, 0.05) is 11.3 Å². The fraction of sp³-hybridized carbons (Fsp3) is 0.333. The summed E-state index contributed by atoms with van der Waals surface area (Å²) in [6.07, 6.45) is 0.733. The number of alkyl halides is 1. The number of carbonyl (C=O) groups is 2. The SMILES string of the molecule is CC[C@H]1C(=O)Nc2ccc(C(=O)CCl)cc21. The Labute approximate surface area is 98.8 Å². The van der Waals surface area contributed by atoms with E-state index in [1.807, 2.05) is 6.92 Å². The molecule has 1 aromatic rings. The lowest BCUT2D eigenvalue weighted by Crippen LogP contribution is -2.10. The molecule has 0 radical (unpaired) electrons. The lowest BCUT2D eigenvalue weighted by Gasteiger charge is -2.06. The molecule has 1 amide bonds. The third-order valence-corrected chi connectivity index (χ3v) is 3.10. The third kappa shape index (κ3) is 1.71. The Balaban J connectivity index is 2.43. The van der Waals surface area contributed by atoms with Crippen molar-refractivity contribution in [1.29, 1.82) is 0 Å². The molecule has 0 saturated carbocycles. The summed E-state index contributed by atoms with van der Waals surface area (Å²) in [5, 5.41) is 2.80. The van der Waals surface area contributed by atoms with Gasteiger partial charge in [0.05, 0.1) is 11.8 Å². The van der Waals surface area contributed by atoms with E-state index < -0.39 is 0 Å². The first-order chi connectivity index (χ1) is 7.67. The summed E-state index contributed by atoms with van der Waals surface area (Å²) in [5.74, 6) is -0.276. The quantitative estimate of drug-likeness (QED) is 0.649. The summed E-state index contributed by atoms with van der Waals surface area (Å²) in [5.41, 5.74) is 2.29. The first-order valence-corrected chi connectivity index (χ1v) is 5.74. The van der Waals surface area contributed by atoms with Gasteiger partial charge in [0.1, 0.15) is 0 Å². The van der Waals surface area contributed by atoms with Crippen LogP contribution in [-0.4, -0.2) is 17.6 Å². The van der Waals surface area contributed by atoms with Gasteiger partial charge in [-0.25, -0.2) is 0 Å². The predicted molar refractivity (Wildman–Crippen MR) is 63.2 cm³/mol. The maximum Gasteiger partial charge on any atom is 0.231 e. The summed E-state index contributed by atoms with van der Waals surface area (Å²) in [6.45, 7) is 1.95. The number of halogens is 1. The molecule has 0 aliphatic carbocycles. The molecule has 0 aromatic heterocycles. The van der Waals surface area contributed by atoms with E-state index in [4.69, 9.17) is 11.6 Å². The van der Waals surface area contributed by atoms with Crippen LogP contribution in [0, 0.1) is 0 Å². The number of rotatable bonds is 3. The second-order valence-electron chi connectivity index (χ2n) is 3.81. The van der Waals surface area contributed by atoms with Crippen molar-refractivity contribution < 1.29 is 9.59 Å². The van der Waals surface area contributed by atoms with Crippen molar-refractivity contribution in [2.45, 2.75) is 19.3 Å². The van der Waals surface area contributed by atoms with E-state index in [2.05, 4.69) is 5.32 Å². The van der Waals surface area contributed by atoms with Gasteiger partial charge in [0.2, 0.25) is 5.91 Å². The number of amides is 1. The fourth-order valence-electron chi connectivity index (χ4n) is 1.98. The average Bonchev–Trinajstić information content (AvgIpc) is 2.62. The third-order valence-electron chi connectivity index (χ3n) is 2.85. The Morgan fingerprint density at radius 1 is 1.50 bits per heavy atom. The van der Waals surface area contributed by atoms with Crippen LogP contribution in [0.5, 0.6) is 0 Å². The zero-order valence-corrected chi connectivity index (χ0v) is 9.67. The van der Waals surface area contributed by atoms with Gasteiger partial charge in [0.25, 0.3) is 0 Å². The maximum atomic E-state index is 11.6. The Morgan fingerprint density at radius 2 is 2.25 bits per heavy atom. The highest BCUT2D eigenvalue weighted by Gasteiger charge is 2.29. The topological polar surface area (TPSA) is 46.2 Å². The summed E-state index contributed by atoms with van der Waals surface area (Å²) >= 11 is 5.50. The van der Waals surface area contributed by atoms with E-state index in [-0.39, 0.29) is 23.5 Å². The van der Waals surface area contributed by atoms with E-state index in [1.54, 1.807) is 18.2 Å². The number of carbonyl (C=O) groups excluding carboxylic acids is 2. The molecule has 0 saturated heterocycles. The van der Waals surface area contributed by atoms with Gasteiger partial charge in [-0.1, -0.05) is 6.92 Å². The molecule has 1 aliphatic rings. The van der Waals surface area contributed by atoms with Crippen LogP contribution in [0.25, 0.3) is 0 Å². The monoisotopic (exact) mass is 237 g/mol. The van der Waals surface area contributed by atoms with Gasteiger partial charge in [-0.05, 0) is 30.2 Å². The largest absolute Gasteiger partial charge is 0.325 e. The average molecular weight is 238 g/mol. The van der Waals surface area contributed by atoms with E-state index in [0.717, 1.165) is 17.7 Å². The highest BCUT2D eigenvalue weighted by Crippen LogP contribution is 2.35. The number of hydrogen-bond donors (Lipinski definition) is 1. The van der Waals surface area contributed by atoms with Gasteiger partial charge < -0.3 is 5.32 Å². The van der Waals surface area contributed by atoms with E-state index >= 15 is 0 Å². The molecule has 4 heteroatoms. The fourth-order valence-corrected chi connectivity index (χ4v) is 2.14. The summed E-state index contributed by atoms with van der Waals surface area (Å²) in [4.78, 5) is 23.0. The molecule has 3 nitrogen and oxygen atoms in total. The number of benzene rings is 1. The molecule has 0 bridgehead atoms. The van der Waals surface area contributed by atoms with Crippen LogP contribution >= 0.6 is 11.6 Å². The molecule has 1 aliphatic heterocycles. The zero-order valence-electron chi connectivity index (χ0n) is 8.92. The Bertz CT molecular complexity index is 456. The van der Waals surface area contributed by atoms with Crippen molar-refractivity contribution in [2.75, 3.05) is 11.2 Å².